The molecule has 0 aliphatic carbocycles. The number of hydrogen-bond donors (Lipinski definition) is 1. The molecule has 24 heavy (non-hydrogen) atoms. The van der Waals surface area contributed by atoms with E-state index in [2.05, 4.69) is 29.2 Å². The third kappa shape index (κ3) is 4.08. The number of likely N-dealkylation sites (tertiary alicyclic amines) is 1. The van der Waals surface area contributed by atoms with E-state index in [0.29, 0.717) is 6.54 Å². The number of nitrogens with zero attached hydrogens (tertiary/aromatic N) is 2. The zero-order valence-electron chi connectivity index (χ0n) is 14.9. The Morgan fingerprint density at radius 1 is 1.21 bits per heavy atom. The Morgan fingerprint density at radius 2 is 1.88 bits per heavy atom. The number of likely N-dealkylation sites (N-methyl/N-ethyl adjacent to an activating group) is 1. The average Bonchev–Trinajstić information content (AvgIpc) is 3.00. The van der Waals surface area contributed by atoms with Gasteiger partial charge in [-0.3, -0.25) is 4.90 Å². The number of benzene rings is 1. The zero-order chi connectivity index (χ0) is 17.4. The lowest BCUT2D eigenvalue weighted by Gasteiger charge is -2.22. The van der Waals surface area contributed by atoms with Gasteiger partial charge in [0.2, 0.25) is 0 Å². The summed E-state index contributed by atoms with van der Waals surface area (Å²) in [5.74, 6) is 0. The van der Waals surface area contributed by atoms with E-state index >= 15 is 0 Å². The summed E-state index contributed by atoms with van der Waals surface area (Å²) in [5, 5.41) is 9.82. The van der Waals surface area contributed by atoms with Gasteiger partial charge in [-0.15, -0.1) is 0 Å². The van der Waals surface area contributed by atoms with Crippen LogP contribution in [0.3, 0.4) is 0 Å². The van der Waals surface area contributed by atoms with E-state index in [4.69, 9.17) is 4.74 Å². The van der Waals surface area contributed by atoms with Crippen molar-refractivity contribution in [1.82, 2.24) is 9.80 Å². The van der Waals surface area contributed by atoms with E-state index in [1.165, 1.54) is 11.1 Å². The Morgan fingerprint density at radius 3 is 2.46 bits per heavy atom. The zero-order valence-corrected chi connectivity index (χ0v) is 14.9. The minimum atomic E-state index is -0.617. The summed E-state index contributed by atoms with van der Waals surface area (Å²) in [7, 11) is 1.80. The van der Waals surface area contributed by atoms with Crippen LogP contribution in [0.4, 0.5) is 4.79 Å². The number of hydrogen-bond acceptors (Lipinski definition) is 4. The lowest BCUT2D eigenvalue weighted by Crippen LogP contribution is -2.37. The third-order valence-corrected chi connectivity index (χ3v) is 4.99. The molecule has 0 bridgehead atoms. The second-order valence-corrected chi connectivity index (χ2v) is 8.00. The van der Waals surface area contributed by atoms with Crippen molar-refractivity contribution in [2.75, 3.05) is 26.7 Å². The fourth-order valence-corrected chi connectivity index (χ4v) is 3.59. The monoisotopic (exact) mass is 332 g/mol. The maximum Gasteiger partial charge on any atom is 0.410 e. The molecule has 2 aliphatic heterocycles. The summed E-state index contributed by atoms with van der Waals surface area (Å²) in [4.78, 5) is 15.7. The van der Waals surface area contributed by atoms with E-state index in [1.54, 1.807) is 11.9 Å². The molecule has 3 rings (SSSR count). The second-order valence-electron chi connectivity index (χ2n) is 8.00. The molecule has 0 aromatic heterocycles. The van der Waals surface area contributed by atoms with Crippen molar-refractivity contribution in [1.29, 1.82) is 0 Å². The van der Waals surface area contributed by atoms with Gasteiger partial charge < -0.3 is 14.7 Å². The Labute approximate surface area is 144 Å². The quantitative estimate of drug-likeness (QED) is 0.900. The third-order valence-electron chi connectivity index (χ3n) is 4.99. The van der Waals surface area contributed by atoms with Crippen molar-refractivity contribution in [3.05, 3.63) is 35.4 Å². The summed E-state index contributed by atoms with van der Waals surface area (Å²) in [6.07, 6.45) is 2.36. The average molecular weight is 332 g/mol. The molecule has 2 heterocycles. The van der Waals surface area contributed by atoms with Crippen molar-refractivity contribution in [2.45, 2.75) is 50.9 Å². The molecular weight excluding hydrogens is 304 g/mol. The lowest BCUT2D eigenvalue weighted by atomic mass is 9.98. The number of aliphatic hydroxyl groups is 1. The van der Waals surface area contributed by atoms with Crippen LogP contribution in [0.25, 0.3) is 0 Å². The van der Waals surface area contributed by atoms with Gasteiger partial charge in [-0.2, -0.15) is 0 Å². The van der Waals surface area contributed by atoms with E-state index in [0.717, 1.165) is 38.9 Å². The largest absolute Gasteiger partial charge is 0.439 e. The molecule has 1 amide bonds. The summed E-state index contributed by atoms with van der Waals surface area (Å²) in [5.41, 5.74) is 1.61. The summed E-state index contributed by atoms with van der Waals surface area (Å²) in [6.45, 7) is 7.04. The summed E-state index contributed by atoms with van der Waals surface area (Å²) >= 11 is 0. The van der Waals surface area contributed by atoms with E-state index in [1.807, 2.05) is 13.8 Å². The van der Waals surface area contributed by atoms with Crippen LogP contribution in [0, 0.1) is 0 Å². The predicted molar refractivity (Wildman–Crippen MR) is 92.8 cm³/mol. The molecule has 2 saturated heterocycles. The number of carbonyl (C=O) groups is 1. The first-order valence-electron chi connectivity index (χ1n) is 8.71. The summed E-state index contributed by atoms with van der Waals surface area (Å²) < 4.78 is 5.59. The van der Waals surface area contributed by atoms with Crippen LogP contribution < -0.4 is 0 Å². The van der Waals surface area contributed by atoms with Gasteiger partial charge in [0.15, 0.2) is 0 Å². The molecule has 2 aliphatic rings. The van der Waals surface area contributed by atoms with Gasteiger partial charge in [-0.1, -0.05) is 24.3 Å². The van der Waals surface area contributed by atoms with Crippen LogP contribution in [-0.2, 0) is 17.7 Å². The number of amides is 1. The van der Waals surface area contributed by atoms with Gasteiger partial charge in [-0.05, 0) is 37.8 Å². The second kappa shape index (κ2) is 6.37. The molecule has 1 aromatic rings. The van der Waals surface area contributed by atoms with E-state index in [9.17, 15) is 9.90 Å². The minimum absolute atomic E-state index is 0.201. The van der Waals surface area contributed by atoms with Gasteiger partial charge >= 0.3 is 6.09 Å². The molecule has 2 fully saturated rings. The topological polar surface area (TPSA) is 53.0 Å². The Bertz CT molecular complexity index is 594. The highest BCUT2D eigenvalue weighted by atomic mass is 16.6. The molecule has 0 saturated carbocycles. The highest BCUT2D eigenvalue weighted by molar-refractivity contribution is 5.70. The van der Waals surface area contributed by atoms with Gasteiger partial charge in [0.25, 0.3) is 0 Å². The highest BCUT2D eigenvalue weighted by Crippen LogP contribution is 2.32. The fourth-order valence-electron chi connectivity index (χ4n) is 3.59. The van der Waals surface area contributed by atoms with Gasteiger partial charge in [0, 0.05) is 33.1 Å². The molecule has 1 aromatic carbocycles. The minimum Gasteiger partial charge on any atom is -0.439 e. The Hall–Kier alpha value is -1.59. The van der Waals surface area contributed by atoms with Crippen LogP contribution in [0.1, 0.15) is 37.8 Å². The van der Waals surface area contributed by atoms with Gasteiger partial charge in [-0.25, -0.2) is 4.79 Å². The van der Waals surface area contributed by atoms with Crippen LogP contribution in [-0.4, -0.2) is 58.9 Å². The summed E-state index contributed by atoms with van der Waals surface area (Å²) in [6, 6.07) is 8.63. The molecule has 1 N–H and O–H groups in total. The molecule has 1 spiro atoms. The first kappa shape index (κ1) is 17.2. The molecule has 5 heteroatoms. The predicted octanol–water partition coefficient (Wildman–Crippen LogP) is 2.42. The fraction of sp³-hybridized carbons (Fsp3) is 0.632. The standard InChI is InChI=1S/C19H28N2O3/c1-18(2,23)9-8-15-4-6-16(7-5-15)12-21-11-10-19(14-21)13-20(3)17(22)24-19/h4-7,23H,8-14H2,1-3H3/t19-/m1/s1. The number of aryl methyl sites for hydroxylation is 1. The number of rotatable bonds is 5. The first-order valence-corrected chi connectivity index (χ1v) is 8.71. The van der Waals surface area contributed by atoms with Gasteiger partial charge in [0.1, 0.15) is 5.60 Å². The molecular formula is C19H28N2O3. The maximum absolute atomic E-state index is 11.6. The van der Waals surface area contributed by atoms with Crippen molar-refractivity contribution in [3.63, 3.8) is 0 Å². The van der Waals surface area contributed by atoms with Crippen LogP contribution >= 0.6 is 0 Å². The molecule has 1 atom stereocenters. The SMILES string of the molecule is CN1C[C@@]2(CCN(Cc3ccc(CCC(C)(C)O)cc3)C2)OC1=O. The van der Waals surface area contributed by atoms with Crippen LogP contribution in [0.15, 0.2) is 24.3 Å². The van der Waals surface area contributed by atoms with Crippen molar-refractivity contribution < 1.29 is 14.6 Å². The van der Waals surface area contributed by atoms with E-state index < -0.39 is 5.60 Å². The normalized spacial score (nSPS) is 24.8. The van der Waals surface area contributed by atoms with Crippen LogP contribution in [0.5, 0.6) is 0 Å². The van der Waals surface area contributed by atoms with Crippen molar-refractivity contribution in [3.8, 4) is 0 Å². The number of carbonyl (C=O) groups excluding carboxylic acids is 1. The van der Waals surface area contributed by atoms with E-state index in [-0.39, 0.29) is 11.7 Å². The smallest absolute Gasteiger partial charge is 0.410 e. The Balaban J connectivity index is 1.53. The first-order chi connectivity index (χ1) is 11.2. The van der Waals surface area contributed by atoms with Crippen LogP contribution in [0.2, 0.25) is 0 Å². The lowest BCUT2D eigenvalue weighted by molar-refractivity contribution is 0.0627. The van der Waals surface area contributed by atoms with Gasteiger partial charge in [0.05, 0.1) is 12.1 Å². The maximum atomic E-state index is 11.6. The molecule has 0 unspecified atom stereocenters. The molecule has 132 valence electrons. The Kier molecular flexibility index (Phi) is 4.58. The number of ether oxygens (including phenoxy) is 1. The highest BCUT2D eigenvalue weighted by Gasteiger charge is 2.48. The van der Waals surface area contributed by atoms with Crippen molar-refractivity contribution >= 4 is 6.09 Å². The van der Waals surface area contributed by atoms with Crippen molar-refractivity contribution in [2.24, 2.45) is 0 Å². The molecule has 5 nitrogen and oxygen atoms in total. The molecule has 0 radical (unpaired) electrons.